The molecule has 1 aliphatic heterocycles. The van der Waals surface area contributed by atoms with Gasteiger partial charge in [-0.05, 0) is 39.2 Å². The number of H-pyrrole nitrogens is 2. The predicted molar refractivity (Wildman–Crippen MR) is 107 cm³/mol. The molecule has 4 rings (SSSR count). The Morgan fingerprint density at radius 1 is 1.29 bits per heavy atom. The van der Waals surface area contributed by atoms with Crippen LogP contribution in [0.25, 0.3) is 21.9 Å². The Morgan fingerprint density at radius 3 is 2.82 bits per heavy atom. The van der Waals surface area contributed by atoms with E-state index in [1.54, 1.807) is 17.2 Å². The van der Waals surface area contributed by atoms with Gasteiger partial charge in [-0.15, -0.1) is 0 Å². The molecule has 0 saturated carbocycles. The zero-order valence-electron chi connectivity index (χ0n) is 16.8. The van der Waals surface area contributed by atoms with E-state index in [4.69, 9.17) is 4.74 Å². The zero-order chi connectivity index (χ0) is 20.1. The number of hydrogen-bond donors (Lipinski definition) is 1. The molecule has 0 aromatic carbocycles. The molecule has 0 unspecified atom stereocenters. The van der Waals surface area contributed by atoms with E-state index in [0.29, 0.717) is 24.4 Å². The molecule has 3 aromatic heterocycles. The van der Waals surface area contributed by atoms with Crippen LogP contribution in [0.5, 0.6) is 0 Å². The van der Waals surface area contributed by atoms with E-state index in [1.807, 2.05) is 39.2 Å². The lowest BCUT2D eigenvalue weighted by Gasteiger charge is -2.39. The number of rotatable bonds is 1. The number of aromatic nitrogens is 3. The summed E-state index contributed by atoms with van der Waals surface area (Å²) in [6.45, 7) is 9.07. The summed E-state index contributed by atoms with van der Waals surface area (Å²) in [5.41, 5.74) is 1.23. The minimum Gasteiger partial charge on any atom is -0.444 e. The SMILES string of the molecule is C[C@@H]1CCN(C(=O)OC(C)(C)C)C[C@@H]1n1ccc(=O)c2c[nH+]c3[nH]ccc3c21. The van der Waals surface area contributed by atoms with Gasteiger partial charge in [0.15, 0.2) is 5.43 Å². The first-order valence-corrected chi connectivity index (χ1v) is 9.75. The largest absolute Gasteiger partial charge is 0.444 e. The van der Waals surface area contributed by atoms with E-state index in [0.717, 1.165) is 23.0 Å². The van der Waals surface area contributed by atoms with Crippen molar-refractivity contribution < 1.29 is 14.5 Å². The second kappa shape index (κ2) is 6.65. The summed E-state index contributed by atoms with van der Waals surface area (Å²) in [5.74, 6) is 0.363. The van der Waals surface area contributed by atoms with Crippen molar-refractivity contribution in [2.24, 2.45) is 5.92 Å². The number of hydrogen-bond acceptors (Lipinski definition) is 3. The Morgan fingerprint density at radius 2 is 2.07 bits per heavy atom. The van der Waals surface area contributed by atoms with Crippen molar-refractivity contribution in [1.29, 1.82) is 0 Å². The van der Waals surface area contributed by atoms with E-state index in [-0.39, 0.29) is 17.6 Å². The van der Waals surface area contributed by atoms with Crippen molar-refractivity contribution in [3.63, 3.8) is 0 Å². The summed E-state index contributed by atoms with van der Waals surface area (Å²) in [6.07, 6.45) is 6.07. The van der Waals surface area contributed by atoms with Gasteiger partial charge in [0, 0.05) is 25.4 Å². The van der Waals surface area contributed by atoms with Crippen molar-refractivity contribution in [3.8, 4) is 0 Å². The molecule has 0 bridgehead atoms. The molecule has 28 heavy (non-hydrogen) atoms. The molecule has 0 spiro atoms. The molecule has 3 aromatic rings. The van der Waals surface area contributed by atoms with Crippen molar-refractivity contribution in [2.45, 2.75) is 45.8 Å². The van der Waals surface area contributed by atoms with Crippen molar-refractivity contribution in [3.05, 3.63) is 40.9 Å². The predicted octanol–water partition coefficient (Wildman–Crippen LogP) is 3.11. The van der Waals surface area contributed by atoms with Crippen LogP contribution in [0.2, 0.25) is 0 Å². The summed E-state index contributed by atoms with van der Waals surface area (Å²) in [4.78, 5) is 33.2. The first-order chi connectivity index (χ1) is 13.2. The molecule has 148 valence electrons. The number of fused-ring (bicyclic) bond motifs is 3. The molecule has 7 nitrogen and oxygen atoms in total. The number of nitrogens with one attached hydrogen (secondary N) is 2. The third kappa shape index (κ3) is 3.25. The molecule has 7 heteroatoms. The molecule has 0 aliphatic carbocycles. The van der Waals surface area contributed by atoms with Crippen LogP contribution < -0.4 is 10.4 Å². The Kier molecular flexibility index (Phi) is 4.40. The van der Waals surface area contributed by atoms with Crippen molar-refractivity contribution >= 4 is 28.0 Å². The van der Waals surface area contributed by atoms with Crippen molar-refractivity contribution in [2.75, 3.05) is 13.1 Å². The Balaban J connectivity index is 1.78. The molecular weight excluding hydrogens is 356 g/mol. The lowest BCUT2D eigenvalue weighted by atomic mass is 9.92. The van der Waals surface area contributed by atoms with Crippen LogP contribution in [0.4, 0.5) is 4.79 Å². The maximum Gasteiger partial charge on any atom is 0.410 e. The molecule has 1 saturated heterocycles. The standard InChI is InChI=1S/C21H26N4O3/c1-13-6-9-24(20(27)28-21(2,3)4)12-16(13)25-10-7-17(26)15-11-23-19-14(18(15)25)5-8-22-19/h5,7-8,10-11,13,16H,6,9,12H2,1-4H3,(H,22,23)/p+1/t13-,16+/m1/s1. The van der Waals surface area contributed by atoms with E-state index >= 15 is 0 Å². The van der Waals surface area contributed by atoms with E-state index in [2.05, 4.69) is 21.5 Å². The minimum absolute atomic E-state index is 0.0157. The van der Waals surface area contributed by atoms with E-state index in [1.165, 1.54) is 0 Å². The lowest BCUT2D eigenvalue weighted by molar-refractivity contribution is -0.345. The molecule has 2 atom stereocenters. The molecule has 1 fully saturated rings. The smallest absolute Gasteiger partial charge is 0.410 e. The fourth-order valence-electron chi connectivity index (χ4n) is 4.00. The Labute approximate surface area is 163 Å². The number of nitrogens with zero attached hydrogens (tertiary/aromatic N) is 2. The third-order valence-corrected chi connectivity index (χ3v) is 5.46. The second-order valence-corrected chi connectivity index (χ2v) is 8.66. The first-order valence-electron chi connectivity index (χ1n) is 9.75. The van der Waals surface area contributed by atoms with Gasteiger partial charge in [0.2, 0.25) is 0 Å². The monoisotopic (exact) mass is 383 g/mol. The van der Waals surface area contributed by atoms with Crippen molar-refractivity contribution in [1.82, 2.24) is 14.5 Å². The number of ether oxygens (including phenoxy) is 1. The molecule has 1 amide bonds. The van der Waals surface area contributed by atoms with Crippen LogP contribution in [0.3, 0.4) is 0 Å². The molecule has 4 heterocycles. The van der Waals surface area contributed by atoms with Gasteiger partial charge in [-0.3, -0.25) is 4.79 Å². The highest BCUT2D eigenvalue weighted by Gasteiger charge is 2.33. The third-order valence-electron chi connectivity index (χ3n) is 5.46. The van der Waals surface area contributed by atoms with Gasteiger partial charge in [-0.25, -0.2) is 14.8 Å². The highest BCUT2D eigenvalue weighted by atomic mass is 16.6. The lowest BCUT2D eigenvalue weighted by Crippen LogP contribution is -2.46. The van der Waals surface area contributed by atoms with E-state index in [9.17, 15) is 9.59 Å². The summed E-state index contributed by atoms with van der Waals surface area (Å²) < 4.78 is 7.73. The summed E-state index contributed by atoms with van der Waals surface area (Å²) in [7, 11) is 0. The van der Waals surface area contributed by atoms with Crippen LogP contribution in [0.1, 0.15) is 40.2 Å². The highest BCUT2D eigenvalue weighted by Crippen LogP contribution is 2.32. The van der Waals surface area contributed by atoms with Crippen LogP contribution in [0.15, 0.2) is 35.5 Å². The van der Waals surface area contributed by atoms with Gasteiger partial charge in [-0.1, -0.05) is 6.92 Å². The maximum absolute atomic E-state index is 12.6. The number of piperidine rings is 1. The first kappa shape index (κ1) is 18.5. The van der Waals surface area contributed by atoms with Gasteiger partial charge in [-0.2, -0.15) is 0 Å². The highest BCUT2D eigenvalue weighted by molar-refractivity contribution is 6.00. The average molecular weight is 383 g/mol. The number of likely N-dealkylation sites (tertiary alicyclic amines) is 1. The van der Waals surface area contributed by atoms with Gasteiger partial charge in [0.1, 0.15) is 11.8 Å². The Bertz CT molecular complexity index is 1090. The van der Waals surface area contributed by atoms with Crippen LogP contribution in [0, 0.1) is 5.92 Å². The van der Waals surface area contributed by atoms with Gasteiger partial charge >= 0.3 is 6.09 Å². The average Bonchev–Trinajstić information content (AvgIpc) is 3.10. The van der Waals surface area contributed by atoms with Crippen LogP contribution >= 0.6 is 0 Å². The maximum atomic E-state index is 12.6. The van der Waals surface area contributed by atoms with Crippen LogP contribution in [-0.4, -0.2) is 39.2 Å². The normalized spacial score (nSPS) is 20.6. The van der Waals surface area contributed by atoms with Crippen LogP contribution in [-0.2, 0) is 4.74 Å². The second-order valence-electron chi connectivity index (χ2n) is 8.66. The van der Waals surface area contributed by atoms with E-state index < -0.39 is 5.60 Å². The topological polar surface area (TPSA) is 81.5 Å². The number of pyridine rings is 2. The quantitative estimate of drug-likeness (QED) is 0.701. The number of amides is 1. The number of carbonyl (C=O) groups is 1. The van der Waals surface area contributed by atoms with Gasteiger partial charge in [0.05, 0.1) is 28.5 Å². The number of aromatic amines is 2. The molecule has 1 aliphatic rings. The molecule has 2 N–H and O–H groups in total. The molecule has 0 radical (unpaired) electrons. The minimum atomic E-state index is -0.521. The fraction of sp³-hybridized carbons (Fsp3) is 0.476. The zero-order valence-corrected chi connectivity index (χ0v) is 16.8. The fourth-order valence-corrected chi connectivity index (χ4v) is 4.00. The summed E-state index contributed by atoms with van der Waals surface area (Å²) in [5, 5.41) is 1.62. The van der Waals surface area contributed by atoms with Gasteiger partial charge in [0.25, 0.3) is 5.65 Å². The number of carbonyl (C=O) groups excluding carboxylic acids is 1. The summed E-state index contributed by atoms with van der Waals surface area (Å²) >= 11 is 0. The summed E-state index contributed by atoms with van der Waals surface area (Å²) in [6, 6.07) is 3.64. The molecular formula is C21H27N4O3+. The Hall–Kier alpha value is -2.83. The van der Waals surface area contributed by atoms with Gasteiger partial charge < -0.3 is 14.2 Å².